The molecule has 2 aromatic rings. The van der Waals surface area contributed by atoms with Crippen LogP contribution in [0.4, 0.5) is 4.39 Å². The van der Waals surface area contributed by atoms with Gasteiger partial charge in [-0.25, -0.2) is 4.98 Å². The molecule has 1 aromatic heterocycles. The van der Waals surface area contributed by atoms with E-state index >= 15 is 0 Å². The zero-order valence-corrected chi connectivity index (χ0v) is 11.4. The number of pyridine rings is 1. The normalized spacial score (nSPS) is 17.9. The van der Waals surface area contributed by atoms with Crippen molar-refractivity contribution in [2.45, 2.75) is 18.8 Å². The highest BCUT2D eigenvalue weighted by Crippen LogP contribution is 2.36. The summed E-state index contributed by atoms with van der Waals surface area (Å²) in [6, 6.07) is 13.8. The molecule has 1 aliphatic heterocycles. The van der Waals surface area contributed by atoms with E-state index in [-0.39, 0.29) is 0 Å². The Morgan fingerprint density at radius 1 is 1.00 bits per heavy atom. The number of piperidine rings is 1. The highest BCUT2D eigenvalue weighted by atomic mass is 19.1. The van der Waals surface area contributed by atoms with Crippen LogP contribution in [0.25, 0.3) is 0 Å². The van der Waals surface area contributed by atoms with E-state index in [4.69, 9.17) is 0 Å². The second-order valence-corrected chi connectivity index (χ2v) is 5.39. The maximum absolute atomic E-state index is 13.1. The maximum Gasteiger partial charge on any atom is 0.212 e. The highest BCUT2D eigenvalue weighted by Gasteiger charge is 2.26. The van der Waals surface area contributed by atoms with Crippen LogP contribution in [0.3, 0.4) is 0 Å². The minimum atomic E-state index is -0.411. The van der Waals surface area contributed by atoms with Gasteiger partial charge in [0, 0.05) is 12.1 Å². The van der Waals surface area contributed by atoms with Crippen LogP contribution in [0.2, 0.25) is 0 Å². The summed E-state index contributed by atoms with van der Waals surface area (Å²) < 4.78 is 13.1. The standard InChI is InChI=1S/C17H19FN2/c18-16-7-6-15(12-20-16)17(13-4-2-1-3-5-13)14-8-10-19-11-9-14/h1-7,12,14,17,19H,8-11H2. The van der Waals surface area contributed by atoms with Gasteiger partial charge >= 0.3 is 0 Å². The van der Waals surface area contributed by atoms with Crippen molar-refractivity contribution < 1.29 is 4.39 Å². The van der Waals surface area contributed by atoms with E-state index < -0.39 is 5.95 Å². The van der Waals surface area contributed by atoms with Gasteiger partial charge in [-0.1, -0.05) is 36.4 Å². The van der Waals surface area contributed by atoms with Gasteiger partial charge in [0.2, 0.25) is 5.95 Å². The van der Waals surface area contributed by atoms with Gasteiger partial charge in [0.05, 0.1) is 0 Å². The van der Waals surface area contributed by atoms with Crippen LogP contribution in [0.15, 0.2) is 48.7 Å². The molecule has 2 nitrogen and oxygen atoms in total. The van der Waals surface area contributed by atoms with Crippen molar-refractivity contribution >= 4 is 0 Å². The molecule has 1 aromatic carbocycles. The van der Waals surface area contributed by atoms with Crippen LogP contribution < -0.4 is 5.32 Å². The number of rotatable bonds is 3. The fourth-order valence-electron chi connectivity index (χ4n) is 3.15. The number of hydrogen-bond donors (Lipinski definition) is 1. The molecule has 1 saturated heterocycles. The van der Waals surface area contributed by atoms with Crippen LogP contribution in [0, 0.1) is 11.9 Å². The van der Waals surface area contributed by atoms with Crippen molar-refractivity contribution in [1.29, 1.82) is 0 Å². The van der Waals surface area contributed by atoms with E-state index in [0.717, 1.165) is 31.5 Å². The fraction of sp³-hybridized carbons (Fsp3) is 0.353. The minimum Gasteiger partial charge on any atom is -0.317 e. The molecular formula is C17H19FN2. The molecule has 0 bridgehead atoms. The Kier molecular flexibility index (Phi) is 4.07. The number of halogens is 1. The van der Waals surface area contributed by atoms with Crippen LogP contribution in [-0.4, -0.2) is 18.1 Å². The summed E-state index contributed by atoms with van der Waals surface area (Å²) in [5.41, 5.74) is 2.41. The van der Waals surface area contributed by atoms with Gasteiger partial charge in [-0.3, -0.25) is 0 Å². The molecule has 3 rings (SSSR count). The summed E-state index contributed by atoms with van der Waals surface area (Å²) >= 11 is 0. The summed E-state index contributed by atoms with van der Waals surface area (Å²) in [6.07, 6.45) is 3.99. The topological polar surface area (TPSA) is 24.9 Å². The summed E-state index contributed by atoms with van der Waals surface area (Å²) in [7, 11) is 0. The summed E-state index contributed by atoms with van der Waals surface area (Å²) in [5, 5.41) is 3.41. The van der Waals surface area contributed by atoms with Gasteiger partial charge in [-0.05, 0) is 49.0 Å². The first-order chi connectivity index (χ1) is 9.84. The summed E-state index contributed by atoms with van der Waals surface area (Å²) in [6.45, 7) is 2.12. The average Bonchev–Trinajstić information content (AvgIpc) is 2.52. The Morgan fingerprint density at radius 2 is 1.75 bits per heavy atom. The number of nitrogens with one attached hydrogen (secondary N) is 1. The first-order valence-corrected chi connectivity index (χ1v) is 7.22. The van der Waals surface area contributed by atoms with Crippen LogP contribution >= 0.6 is 0 Å². The third-order valence-electron chi connectivity index (χ3n) is 4.12. The molecule has 1 N–H and O–H groups in total. The predicted molar refractivity (Wildman–Crippen MR) is 78.1 cm³/mol. The lowest BCUT2D eigenvalue weighted by Crippen LogP contribution is -2.31. The second kappa shape index (κ2) is 6.14. The molecule has 1 unspecified atom stereocenters. The predicted octanol–water partition coefficient (Wildman–Crippen LogP) is 3.35. The van der Waals surface area contributed by atoms with Crippen molar-refractivity contribution in [2.75, 3.05) is 13.1 Å². The Morgan fingerprint density at radius 3 is 2.40 bits per heavy atom. The number of aromatic nitrogens is 1. The minimum absolute atomic E-state index is 0.311. The van der Waals surface area contributed by atoms with Crippen molar-refractivity contribution in [3.8, 4) is 0 Å². The van der Waals surface area contributed by atoms with Gasteiger partial charge < -0.3 is 5.32 Å². The summed E-state index contributed by atoms with van der Waals surface area (Å²) in [4.78, 5) is 3.84. The molecule has 1 aliphatic rings. The second-order valence-electron chi connectivity index (χ2n) is 5.39. The third kappa shape index (κ3) is 2.88. The van der Waals surface area contributed by atoms with Gasteiger partial charge in [0.25, 0.3) is 0 Å². The van der Waals surface area contributed by atoms with E-state index in [1.54, 1.807) is 6.20 Å². The average molecular weight is 270 g/mol. The van der Waals surface area contributed by atoms with E-state index in [1.165, 1.54) is 11.6 Å². The highest BCUT2D eigenvalue weighted by molar-refractivity contribution is 5.32. The first kappa shape index (κ1) is 13.3. The fourth-order valence-corrected chi connectivity index (χ4v) is 3.15. The Hall–Kier alpha value is -1.74. The third-order valence-corrected chi connectivity index (χ3v) is 4.12. The molecule has 0 amide bonds. The number of hydrogen-bond acceptors (Lipinski definition) is 2. The van der Waals surface area contributed by atoms with E-state index in [9.17, 15) is 4.39 Å². The molecule has 0 spiro atoms. The molecule has 1 fully saturated rings. The maximum atomic E-state index is 13.1. The number of benzene rings is 1. The smallest absolute Gasteiger partial charge is 0.212 e. The van der Waals surface area contributed by atoms with Crippen molar-refractivity contribution in [3.63, 3.8) is 0 Å². The lowest BCUT2D eigenvalue weighted by molar-refractivity contribution is 0.341. The van der Waals surface area contributed by atoms with Crippen LogP contribution in [0.1, 0.15) is 29.9 Å². The van der Waals surface area contributed by atoms with Gasteiger partial charge in [0.15, 0.2) is 0 Å². The monoisotopic (exact) mass is 270 g/mol. The molecule has 1 atom stereocenters. The van der Waals surface area contributed by atoms with Crippen molar-refractivity contribution in [1.82, 2.24) is 10.3 Å². The molecule has 0 saturated carbocycles. The van der Waals surface area contributed by atoms with Gasteiger partial charge in [0.1, 0.15) is 0 Å². The molecule has 0 aliphatic carbocycles. The quantitative estimate of drug-likeness (QED) is 0.865. The lowest BCUT2D eigenvalue weighted by Gasteiger charge is -2.31. The molecule has 0 radical (unpaired) electrons. The van der Waals surface area contributed by atoms with E-state index in [1.807, 2.05) is 12.1 Å². The van der Waals surface area contributed by atoms with Gasteiger partial charge in [-0.2, -0.15) is 4.39 Å². The molecule has 3 heteroatoms. The molecule has 2 heterocycles. The lowest BCUT2D eigenvalue weighted by atomic mass is 9.77. The SMILES string of the molecule is Fc1ccc(C(c2ccccc2)C2CCNCC2)cn1. The van der Waals surface area contributed by atoms with E-state index in [0.29, 0.717) is 11.8 Å². The Balaban J connectivity index is 1.96. The molecule has 20 heavy (non-hydrogen) atoms. The number of nitrogens with zero attached hydrogens (tertiary/aromatic N) is 1. The first-order valence-electron chi connectivity index (χ1n) is 7.22. The van der Waals surface area contributed by atoms with Crippen LogP contribution in [-0.2, 0) is 0 Å². The van der Waals surface area contributed by atoms with E-state index in [2.05, 4.69) is 34.6 Å². The summed E-state index contributed by atoms with van der Waals surface area (Å²) in [5.74, 6) is 0.489. The zero-order valence-electron chi connectivity index (χ0n) is 11.4. The van der Waals surface area contributed by atoms with Crippen molar-refractivity contribution in [3.05, 3.63) is 65.7 Å². The van der Waals surface area contributed by atoms with Crippen LogP contribution in [0.5, 0.6) is 0 Å². The molecule has 104 valence electrons. The Labute approximate surface area is 119 Å². The molecular weight excluding hydrogens is 251 g/mol. The Bertz CT molecular complexity index is 533. The largest absolute Gasteiger partial charge is 0.317 e. The zero-order chi connectivity index (χ0) is 13.8. The van der Waals surface area contributed by atoms with Gasteiger partial charge in [-0.15, -0.1) is 0 Å². The van der Waals surface area contributed by atoms with Crippen molar-refractivity contribution in [2.24, 2.45) is 5.92 Å².